The Morgan fingerprint density at radius 1 is 0.571 bits per heavy atom. The molecule has 0 aromatic heterocycles. The number of aryl methyl sites for hydroxylation is 1. The van der Waals surface area contributed by atoms with Crippen LogP contribution < -0.4 is 11.5 Å². The molecule has 0 spiro atoms. The highest BCUT2D eigenvalue weighted by Crippen LogP contribution is 2.30. The molecule has 35 heavy (non-hydrogen) atoms. The number of Topliss-reactive ketones (excluding diaryl/α,β-unsaturated/α-hetero) is 1. The van der Waals surface area contributed by atoms with Crippen LogP contribution in [0.2, 0.25) is 0 Å². The van der Waals surface area contributed by atoms with Crippen LogP contribution in [0, 0.1) is 34.6 Å². The van der Waals surface area contributed by atoms with Crippen molar-refractivity contribution in [3.8, 4) is 0 Å². The van der Waals surface area contributed by atoms with Gasteiger partial charge >= 0.3 is 0 Å². The Labute approximate surface area is 206 Å². The first-order valence-electron chi connectivity index (χ1n) is 11.7. The van der Waals surface area contributed by atoms with Crippen LogP contribution in [0.1, 0.15) is 40.7 Å². The minimum atomic E-state index is -0.0473. The number of carbonyl (C=O) groups excluding carboxylic acids is 1. The summed E-state index contributed by atoms with van der Waals surface area (Å²) in [7, 11) is 0. The van der Waals surface area contributed by atoms with Crippen LogP contribution in [-0.2, 0) is 4.79 Å². The van der Waals surface area contributed by atoms with E-state index in [1.165, 1.54) is 0 Å². The van der Waals surface area contributed by atoms with E-state index in [2.05, 4.69) is 0 Å². The molecule has 1 saturated carbocycles. The topological polar surface area (TPSA) is 106 Å². The number of carbonyl (C=O) groups is 1. The van der Waals surface area contributed by atoms with Gasteiger partial charge in [-0.25, -0.2) is 4.99 Å². The molecule has 4 rings (SSSR count). The number of nitrogens with two attached hydrogens (primary N) is 2. The number of rotatable bonds is 3. The second kappa shape index (κ2) is 9.66. The molecule has 6 heteroatoms. The molecular formula is C29H31N5O. The van der Waals surface area contributed by atoms with Crippen LogP contribution in [0.25, 0.3) is 0 Å². The lowest BCUT2D eigenvalue weighted by atomic mass is 9.92. The van der Waals surface area contributed by atoms with Gasteiger partial charge in [0, 0.05) is 17.8 Å². The first kappa shape index (κ1) is 24.1. The first-order valence-corrected chi connectivity index (χ1v) is 11.7. The third-order valence-corrected chi connectivity index (χ3v) is 6.73. The van der Waals surface area contributed by atoms with Gasteiger partial charge in [-0.15, -0.1) is 0 Å². The minimum Gasteiger partial charge on any atom is -0.399 e. The molecule has 3 aromatic rings. The molecule has 1 aliphatic rings. The van der Waals surface area contributed by atoms with Crippen LogP contribution in [0.15, 0.2) is 63.5 Å². The Balaban J connectivity index is 1.81. The third kappa shape index (κ3) is 5.06. The summed E-state index contributed by atoms with van der Waals surface area (Å²) in [4.78, 5) is 27.7. The highest BCUT2D eigenvalue weighted by molar-refractivity contribution is 6.62. The van der Waals surface area contributed by atoms with E-state index < -0.39 is 0 Å². The SMILES string of the molecule is Cc1ccc(N=C2CC(=O)C(=Nc3ccc(N)c(C)c3C)CC2=Nc2ccc(N)c(C)c2C)cc1. The Bertz CT molecular complexity index is 1410. The molecular weight excluding hydrogens is 434 g/mol. The zero-order valence-electron chi connectivity index (χ0n) is 20.9. The Morgan fingerprint density at radius 3 is 1.60 bits per heavy atom. The summed E-state index contributed by atoms with van der Waals surface area (Å²) in [5.41, 5.74) is 22.9. The van der Waals surface area contributed by atoms with Crippen molar-refractivity contribution >= 4 is 51.4 Å². The van der Waals surface area contributed by atoms with E-state index in [1.54, 1.807) is 0 Å². The van der Waals surface area contributed by atoms with Gasteiger partial charge in [-0.3, -0.25) is 14.8 Å². The predicted octanol–water partition coefficient (Wildman–Crippen LogP) is 6.37. The maximum absolute atomic E-state index is 13.2. The molecule has 3 aromatic carbocycles. The van der Waals surface area contributed by atoms with Crippen molar-refractivity contribution in [3.63, 3.8) is 0 Å². The van der Waals surface area contributed by atoms with Gasteiger partial charge in [-0.2, -0.15) is 0 Å². The molecule has 4 N–H and O–H groups in total. The van der Waals surface area contributed by atoms with Crippen molar-refractivity contribution in [2.45, 2.75) is 47.5 Å². The molecule has 1 aliphatic carbocycles. The number of hydrogen-bond donors (Lipinski definition) is 2. The average molecular weight is 466 g/mol. The van der Waals surface area contributed by atoms with Crippen LogP contribution in [0.5, 0.6) is 0 Å². The van der Waals surface area contributed by atoms with Crippen LogP contribution >= 0.6 is 0 Å². The molecule has 0 amide bonds. The van der Waals surface area contributed by atoms with Gasteiger partial charge in [0.15, 0.2) is 5.78 Å². The fraction of sp³-hybridized carbons (Fsp3) is 0.241. The van der Waals surface area contributed by atoms with Crippen molar-refractivity contribution in [1.82, 2.24) is 0 Å². The Kier molecular flexibility index (Phi) is 6.65. The molecule has 0 heterocycles. The van der Waals surface area contributed by atoms with Crippen LogP contribution in [-0.4, -0.2) is 22.9 Å². The molecule has 6 nitrogen and oxygen atoms in total. The van der Waals surface area contributed by atoms with Gasteiger partial charge in [0.1, 0.15) is 0 Å². The number of nitrogen functional groups attached to an aromatic ring is 2. The van der Waals surface area contributed by atoms with Gasteiger partial charge in [-0.05, 0) is 93.3 Å². The highest BCUT2D eigenvalue weighted by atomic mass is 16.1. The molecule has 0 unspecified atom stereocenters. The second-order valence-corrected chi connectivity index (χ2v) is 9.14. The van der Waals surface area contributed by atoms with Crippen molar-refractivity contribution in [3.05, 3.63) is 76.3 Å². The standard InChI is InChI=1S/C29H31N5O/c1-16-6-8-21(9-7-16)32-27-15-29(35)28(34-25-13-11-23(31)18(3)20(25)5)14-26(27)33-24-12-10-22(30)17(2)19(24)4/h6-13H,14-15,30-31H2,1-5H3. The van der Waals surface area contributed by atoms with Gasteiger partial charge < -0.3 is 11.5 Å². The largest absolute Gasteiger partial charge is 0.399 e. The molecule has 0 radical (unpaired) electrons. The van der Waals surface area contributed by atoms with Crippen molar-refractivity contribution in [2.75, 3.05) is 11.5 Å². The van der Waals surface area contributed by atoms with E-state index in [0.717, 1.165) is 56.3 Å². The lowest BCUT2D eigenvalue weighted by Gasteiger charge is -2.19. The van der Waals surface area contributed by atoms with E-state index in [4.69, 9.17) is 26.4 Å². The van der Waals surface area contributed by atoms with Crippen LogP contribution in [0.3, 0.4) is 0 Å². The van der Waals surface area contributed by atoms with E-state index in [1.807, 2.05) is 83.1 Å². The first-order chi connectivity index (χ1) is 16.6. The van der Waals surface area contributed by atoms with Crippen LogP contribution in [0.4, 0.5) is 28.4 Å². The average Bonchev–Trinajstić information content (AvgIpc) is 2.83. The van der Waals surface area contributed by atoms with E-state index in [-0.39, 0.29) is 12.2 Å². The zero-order valence-corrected chi connectivity index (χ0v) is 20.9. The molecule has 0 aliphatic heterocycles. The maximum atomic E-state index is 13.2. The normalized spacial score (nSPS) is 17.5. The number of hydrogen-bond acceptors (Lipinski definition) is 6. The summed E-state index contributed by atoms with van der Waals surface area (Å²) in [5.74, 6) is -0.0473. The van der Waals surface area contributed by atoms with E-state index >= 15 is 0 Å². The number of nitrogens with zero attached hydrogens (tertiary/aromatic N) is 3. The fourth-order valence-electron chi connectivity index (χ4n) is 3.99. The Morgan fingerprint density at radius 2 is 1.06 bits per heavy atom. The molecule has 0 atom stereocenters. The number of aliphatic imine (C=N–C) groups is 3. The molecule has 0 saturated heterocycles. The lowest BCUT2D eigenvalue weighted by molar-refractivity contribution is -0.112. The number of ketones is 1. The smallest absolute Gasteiger partial charge is 0.183 e. The van der Waals surface area contributed by atoms with Gasteiger partial charge in [0.25, 0.3) is 0 Å². The van der Waals surface area contributed by atoms with Gasteiger partial charge in [0.2, 0.25) is 0 Å². The van der Waals surface area contributed by atoms with E-state index in [9.17, 15) is 4.79 Å². The summed E-state index contributed by atoms with van der Waals surface area (Å²) in [5, 5.41) is 0. The quantitative estimate of drug-likeness (QED) is 0.439. The van der Waals surface area contributed by atoms with Gasteiger partial charge in [-0.1, -0.05) is 17.7 Å². The predicted molar refractivity (Wildman–Crippen MR) is 147 cm³/mol. The molecule has 178 valence electrons. The summed E-state index contributed by atoms with van der Waals surface area (Å²) in [6.07, 6.45) is 0.445. The van der Waals surface area contributed by atoms with Gasteiger partial charge in [0.05, 0.1) is 40.6 Å². The monoisotopic (exact) mass is 465 g/mol. The minimum absolute atomic E-state index is 0.0473. The second-order valence-electron chi connectivity index (χ2n) is 9.14. The summed E-state index contributed by atoms with van der Waals surface area (Å²) in [6.45, 7) is 9.95. The summed E-state index contributed by atoms with van der Waals surface area (Å²) in [6, 6.07) is 15.4. The summed E-state index contributed by atoms with van der Waals surface area (Å²) >= 11 is 0. The van der Waals surface area contributed by atoms with Crippen molar-refractivity contribution in [2.24, 2.45) is 15.0 Å². The van der Waals surface area contributed by atoms with E-state index in [0.29, 0.717) is 23.5 Å². The van der Waals surface area contributed by atoms with Crippen molar-refractivity contribution < 1.29 is 4.79 Å². The zero-order chi connectivity index (χ0) is 25.3. The van der Waals surface area contributed by atoms with Crippen molar-refractivity contribution in [1.29, 1.82) is 0 Å². The fourth-order valence-corrected chi connectivity index (χ4v) is 3.99. The number of anilines is 2. The number of benzene rings is 3. The Hall–Kier alpha value is -4.06. The third-order valence-electron chi connectivity index (χ3n) is 6.73. The lowest BCUT2D eigenvalue weighted by Crippen LogP contribution is -2.33. The molecule has 0 bridgehead atoms. The maximum Gasteiger partial charge on any atom is 0.183 e. The molecule has 1 fully saturated rings. The summed E-state index contributed by atoms with van der Waals surface area (Å²) < 4.78 is 0. The highest BCUT2D eigenvalue weighted by Gasteiger charge is 2.28.